The van der Waals surface area contributed by atoms with Crippen molar-refractivity contribution in [2.24, 2.45) is 5.10 Å². The first kappa shape index (κ1) is 16.9. The minimum absolute atomic E-state index is 0.00660. The number of nitro benzene ring substituents is 1. The van der Waals surface area contributed by atoms with Gasteiger partial charge in [0.1, 0.15) is 5.75 Å². The zero-order valence-electron chi connectivity index (χ0n) is 12.9. The second-order valence-corrected chi connectivity index (χ2v) is 4.70. The maximum absolute atomic E-state index is 11.7. The summed E-state index contributed by atoms with van der Waals surface area (Å²) in [7, 11) is 1.55. The maximum Gasteiger partial charge on any atom is 0.270 e. The quantitative estimate of drug-likeness (QED) is 0.460. The molecule has 0 atom stereocenters. The minimum atomic E-state index is -0.493. The molecule has 2 aromatic carbocycles. The summed E-state index contributed by atoms with van der Waals surface area (Å²) in [5.74, 6) is 0.271. The average molecular weight is 328 g/mol. The van der Waals surface area contributed by atoms with Crippen molar-refractivity contribution in [3.8, 4) is 5.75 Å². The highest BCUT2D eigenvalue weighted by Crippen LogP contribution is 2.22. The third-order valence-electron chi connectivity index (χ3n) is 3.03. The summed E-state index contributed by atoms with van der Waals surface area (Å²) >= 11 is 0. The van der Waals surface area contributed by atoms with Crippen LogP contribution in [0.15, 0.2) is 53.6 Å². The SMILES string of the molecule is COc1ccccc1NCC(=O)N/N=C/c1cccc([N+](=O)[O-])c1. The van der Waals surface area contributed by atoms with Gasteiger partial charge in [-0.3, -0.25) is 14.9 Å². The molecule has 8 nitrogen and oxygen atoms in total. The number of carbonyl (C=O) groups is 1. The van der Waals surface area contributed by atoms with E-state index in [4.69, 9.17) is 4.74 Å². The van der Waals surface area contributed by atoms with E-state index in [1.54, 1.807) is 31.4 Å². The molecule has 0 radical (unpaired) electrons. The minimum Gasteiger partial charge on any atom is -0.495 e. The van der Waals surface area contributed by atoms with E-state index in [1.807, 2.05) is 12.1 Å². The van der Waals surface area contributed by atoms with Gasteiger partial charge in [0.15, 0.2) is 0 Å². The molecule has 2 N–H and O–H groups in total. The monoisotopic (exact) mass is 328 g/mol. The second-order valence-electron chi connectivity index (χ2n) is 4.70. The third kappa shape index (κ3) is 4.80. The Labute approximate surface area is 138 Å². The van der Waals surface area contributed by atoms with Gasteiger partial charge >= 0.3 is 0 Å². The lowest BCUT2D eigenvalue weighted by Crippen LogP contribution is -2.26. The van der Waals surface area contributed by atoms with Gasteiger partial charge in [-0.25, -0.2) is 5.43 Å². The van der Waals surface area contributed by atoms with Crippen molar-refractivity contribution in [1.29, 1.82) is 0 Å². The number of non-ortho nitro benzene ring substituents is 1. The number of nitrogens with one attached hydrogen (secondary N) is 2. The van der Waals surface area contributed by atoms with Crippen molar-refractivity contribution in [1.82, 2.24) is 5.43 Å². The topological polar surface area (TPSA) is 106 Å². The molecule has 0 heterocycles. The van der Waals surface area contributed by atoms with Gasteiger partial charge in [-0.15, -0.1) is 0 Å². The van der Waals surface area contributed by atoms with Gasteiger partial charge in [0.25, 0.3) is 11.6 Å². The van der Waals surface area contributed by atoms with E-state index in [2.05, 4.69) is 15.8 Å². The number of nitrogens with zero attached hydrogens (tertiary/aromatic N) is 2. The van der Waals surface area contributed by atoms with Crippen molar-refractivity contribution in [3.63, 3.8) is 0 Å². The number of nitro groups is 1. The normalized spacial score (nSPS) is 10.4. The number of carbonyl (C=O) groups excluding carboxylic acids is 1. The molecule has 0 saturated heterocycles. The molecule has 0 aliphatic rings. The Morgan fingerprint density at radius 2 is 2.08 bits per heavy atom. The van der Waals surface area contributed by atoms with Crippen LogP contribution in [-0.4, -0.2) is 30.7 Å². The molecule has 0 spiro atoms. The van der Waals surface area contributed by atoms with Crippen molar-refractivity contribution >= 4 is 23.5 Å². The highest BCUT2D eigenvalue weighted by Gasteiger charge is 2.05. The highest BCUT2D eigenvalue weighted by molar-refractivity contribution is 5.85. The summed E-state index contributed by atoms with van der Waals surface area (Å²) in [5.41, 5.74) is 3.51. The number of anilines is 1. The number of methoxy groups -OCH3 is 1. The first-order chi connectivity index (χ1) is 11.6. The zero-order valence-corrected chi connectivity index (χ0v) is 12.9. The lowest BCUT2D eigenvalue weighted by atomic mass is 10.2. The van der Waals surface area contributed by atoms with Crippen LogP contribution in [0.25, 0.3) is 0 Å². The summed E-state index contributed by atoms with van der Waals surface area (Å²) in [6, 6.07) is 13.2. The summed E-state index contributed by atoms with van der Waals surface area (Å²) in [5, 5.41) is 17.4. The third-order valence-corrected chi connectivity index (χ3v) is 3.03. The summed E-state index contributed by atoms with van der Waals surface area (Å²) in [6.45, 7) is 0.00660. The number of hydrazone groups is 1. The zero-order chi connectivity index (χ0) is 17.4. The van der Waals surface area contributed by atoms with E-state index in [1.165, 1.54) is 18.3 Å². The van der Waals surface area contributed by atoms with Crippen LogP contribution in [0.4, 0.5) is 11.4 Å². The molecule has 24 heavy (non-hydrogen) atoms. The summed E-state index contributed by atoms with van der Waals surface area (Å²) in [6.07, 6.45) is 1.34. The molecule has 1 amide bonds. The van der Waals surface area contributed by atoms with Gasteiger partial charge in [-0.2, -0.15) is 5.10 Å². The Balaban J connectivity index is 1.87. The van der Waals surface area contributed by atoms with Crippen LogP contribution < -0.4 is 15.5 Å². The van der Waals surface area contributed by atoms with Gasteiger partial charge in [0.2, 0.25) is 0 Å². The number of ether oxygens (including phenoxy) is 1. The molecule has 0 aliphatic carbocycles. The Hall–Kier alpha value is -3.42. The van der Waals surface area contributed by atoms with Gasteiger partial charge in [0, 0.05) is 17.7 Å². The molecular weight excluding hydrogens is 312 g/mol. The van der Waals surface area contributed by atoms with Crippen LogP contribution in [0.5, 0.6) is 5.75 Å². The highest BCUT2D eigenvalue weighted by atomic mass is 16.6. The van der Waals surface area contributed by atoms with Crippen LogP contribution in [-0.2, 0) is 4.79 Å². The number of hydrogen-bond donors (Lipinski definition) is 2. The smallest absolute Gasteiger partial charge is 0.270 e. The van der Waals surface area contributed by atoms with Gasteiger partial charge < -0.3 is 10.1 Å². The molecule has 124 valence electrons. The van der Waals surface area contributed by atoms with E-state index in [0.717, 1.165) is 0 Å². The number of hydrogen-bond acceptors (Lipinski definition) is 6. The molecular formula is C16H16N4O4. The molecule has 0 unspecified atom stereocenters. The lowest BCUT2D eigenvalue weighted by molar-refractivity contribution is -0.384. The van der Waals surface area contributed by atoms with Crippen LogP contribution in [0, 0.1) is 10.1 Å². The largest absolute Gasteiger partial charge is 0.495 e. The first-order valence-electron chi connectivity index (χ1n) is 7.03. The van der Waals surface area contributed by atoms with E-state index in [9.17, 15) is 14.9 Å². The molecule has 0 aromatic heterocycles. The Kier molecular flexibility index (Phi) is 5.84. The van der Waals surface area contributed by atoms with E-state index in [0.29, 0.717) is 17.0 Å². The number of rotatable bonds is 7. The fourth-order valence-corrected chi connectivity index (χ4v) is 1.90. The molecule has 0 saturated carbocycles. The molecule has 0 bridgehead atoms. The van der Waals surface area contributed by atoms with Gasteiger partial charge in [-0.1, -0.05) is 24.3 Å². The van der Waals surface area contributed by atoms with Crippen LogP contribution in [0.2, 0.25) is 0 Å². The Morgan fingerprint density at radius 3 is 2.83 bits per heavy atom. The van der Waals surface area contributed by atoms with Crippen molar-refractivity contribution in [2.75, 3.05) is 19.0 Å². The fraction of sp³-hybridized carbons (Fsp3) is 0.125. The van der Waals surface area contributed by atoms with E-state index < -0.39 is 4.92 Å². The fourth-order valence-electron chi connectivity index (χ4n) is 1.90. The Bertz CT molecular complexity index is 761. The predicted octanol–water partition coefficient (Wildman–Crippen LogP) is 2.17. The number of benzene rings is 2. The van der Waals surface area contributed by atoms with E-state index >= 15 is 0 Å². The second kappa shape index (κ2) is 8.28. The van der Waals surface area contributed by atoms with Crippen LogP contribution in [0.3, 0.4) is 0 Å². The standard InChI is InChI=1S/C16H16N4O4/c1-24-15-8-3-2-7-14(15)17-11-16(21)19-18-10-12-5-4-6-13(9-12)20(22)23/h2-10,17H,11H2,1H3,(H,19,21)/b18-10+. The van der Waals surface area contributed by atoms with Crippen LogP contribution >= 0.6 is 0 Å². The average Bonchev–Trinajstić information content (AvgIpc) is 2.60. The van der Waals surface area contributed by atoms with Gasteiger partial charge in [0.05, 0.1) is 30.5 Å². The van der Waals surface area contributed by atoms with Crippen molar-refractivity contribution < 1.29 is 14.5 Å². The number of para-hydroxylation sites is 2. The Morgan fingerprint density at radius 1 is 1.29 bits per heavy atom. The summed E-state index contributed by atoms with van der Waals surface area (Å²) in [4.78, 5) is 21.9. The molecule has 0 aliphatic heterocycles. The molecule has 2 aromatic rings. The predicted molar refractivity (Wildman–Crippen MR) is 90.3 cm³/mol. The molecule has 2 rings (SSSR count). The van der Waals surface area contributed by atoms with E-state index in [-0.39, 0.29) is 18.1 Å². The maximum atomic E-state index is 11.7. The molecule has 8 heteroatoms. The van der Waals surface area contributed by atoms with Crippen LogP contribution in [0.1, 0.15) is 5.56 Å². The first-order valence-corrected chi connectivity index (χ1v) is 7.03. The van der Waals surface area contributed by atoms with Crippen molar-refractivity contribution in [2.45, 2.75) is 0 Å². The summed E-state index contributed by atoms with van der Waals surface area (Å²) < 4.78 is 5.17. The van der Waals surface area contributed by atoms with Gasteiger partial charge in [-0.05, 0) is 12.1 Å². The number of amides is 1. The van der Waals surface area contributed by atoms with Crippen molar-refractivity contribution in [3.05, 3.63) is 64.2 Å². The molecule has 0 fully saturated rings. The lowest BCUT2D eigenvalue weighted by Gasteiger charge is -2.09.